The molecule has 0 unspecified atom stereocenters. The van der Waals surface area contributed by atoms with Crippen LogP contribution in [-0.2, 0) is 4.74 Å². The highest BCUT2D eigenvalue weighted by atomic mass is 16.6. The number of esters is 1. The van der Waals surface area contributed by atoms with Crippen molar-refractivity contribution in [1.82, 2.24) is 0 Å². The van der Waals surface area contributed by atoms with E-state index in [0.29, 0.717) is 5.56 Å². The monoisotopic (exact) mass is 179 g/mol. The van der Waals surface area contributed by atoms with Crippen molar-refractivity contribution < 1.29 is 9.53 Å². The van der Waals surface area contributed by atoms with Crippen LogP contribution in [0.25, 0.3) is 0 Å². The van der Waals surface area contributed by atoms with Gasteiger partial charge in [0.15, 0.2) is 5.72 Å². The van der Waals surface area contributed by atoms with Gasteiger partial charge in [-0.1, -0.05) is 18.2 Å². The Morgan fingerprint density at radius 3 is 2.31 bits per heavy atom. The van der Waals surface area contributed by atoms with Crippen LogP contribution in [0, 0.1) is 0 Å². The largest absolute Gasteiger partial charge is 0.441 e. The van der Waals surface area contributed by atoms with Crippen molar-refractivity contribution in [2.45, 2.75) is 19.6 Å². The lowest BCUT2D eigenvalue weighted by Gasteiger charge is -2.19. The first-order chi connectivity index (χ1) is 5.99. The number of nitrogens with two attached hydrogens (primary N) is 1. The summed E-state index contributed by atoms with van der Waals surface area (Å²) in [5.41, 5.74) is 5.12. The van der Waals surface area contributed by atoms with Crippen molar-refractivity contribution in [2.24, 2.45) is 5.73 Å². The molecule has 3 nitrogen and oxygen atoms in total. The Labute approximate surface area is 77.5 Å². The Kier molecular flexibility index (Phi) is 2.68. The van der Waals surface area contributed by atoms with E-state index in [0.717, 1.165) is 0 Å². The average Bonchev–Trinajstić information content (AvgIpc) is 2.03. The average molecular weight is 179 g/mol. The number of ether oxygens (including phenoxy) is 1. The minimum atomic E-state index is -0.924. The normalized spacial score (nSPS) is 11.0. The van der Waals surface area contributed by atoms with Crippen molar-refractivity contribution in [3.63, 3.8) is 0 Å². The van der Waals surface area contributed by atoms with Crippen molar-refractivity contribution in [3.8, 4) is 0 Å². The van der Waals surface area contributed by atoms with Crippen molar-refractivity contribution in [2.75, 3.05) is 0 Å². The molecule has 0 atom stereocenters. The summed E-state index contributed by atoms with van der Waals surface area (Å²) in [6.07, 6.45) is 0. The maximum absolute atomic E-state index is 11.4. The zero-order valence-electron chi connectivity index (χ0n) is 7.78. The van der Waals surface area contributed by atoms with Gasteiger partial charge in [-0.05, 0) is 26.0 Å². The zero-order valence-corrected chi connectivity index (χ0v) is 7.78. The fourth-order valence-electron chi connectivity index (χ4n) is 0.872. The highest BCUT2D eigenvalue weighted by Crippen LogP contribution is 2.06. The Bertz CT molecular complexity index is 288. The molecule has 0 saturated heterocycles. The minimum absolute atomic E-state index is 0.395. The predicted octanol–water partition coefficient (Wildman–Crippen LogP) is 1.54. The van der Waals surface area contributed by atoms with E-state index < -0.39 is 11.7 Å². The second-order valence-electron chi connectivity index (χ2n) is 3.36. The molecular formula is C10H13NO2. The first-order valence-corrected chi connectivity index (χ1v) is 4.06. The molecule has 0 heterocycles. The van der Waals surface area contributed by atoms with Crippen molar-refractivity contribution >= 4 is 5.97 Å². The Morgan fingerprint density at radius 2 is 1.85 bits per heavy atom. The quantitative estimate of drug-likeness (QED) is 0.553. The van der Waals surface area contributed by atoms with E-state index in [1.807, 2.05) is 6.07 Å². The molecule has 0 aromatic heterocycles. The molecule has 2 N–H and O–H groups in total. The molecule has 1 aromatic rings. The number of benzene rings is 1. The molecule has 0 aliphatic carbocycles. The third kappa shape index (κ3) is 3.25. The smallest absolute Gasteiger partial charge is 0.339 e. The van der Waals surface area contributed by atoms with Crippen LogP contribution in [0.4, 0.5) is 0 Å². The summed E-state index contributed by atoms with van der Waals surface area (Å²) in [7, 11) is 0. The third-order valence-electron chi connectivity index (χ3n) is 1.37. The van der Waals surface area contributed by atoms with E-state index in [2.05, 4.69) is 0 Å². The molecule has 1 rings (SSSR count). The second-order valence-corrected chi connectivity index (χ2v) is 3.36. The highest BCUT2D eigenvalue weighted by Gasteiger charge is 2.17. The van der Waals surface area contributed by atoms with Crippen LogP contribution in [0.5, 0.6) is 0 Å². The lowest BCUT2D eigenvalue weighted by Crippen LogP contribution is -2.37. The van der Waals surface area contributed by atoms with Gasteiger partial charge in [0, 0.05) is 0 Å². The molecule has 0 bridgehead atoms. The summed E-state index contributed by atoms with van der Waals surface area (Å²) in [6, 6.07) is 8.77. The fraction of sp³-hybridized carbons (Fsp3) is 0.300. The first-order valence-electron chi connectivity index (χ1n) is 4.06. The van der Waals surface area contributed by atoms with E-state index in [9.17, 15) is 4.79 Å². The third-order valence-corrected chi connectivity index (χ3v) is 1.37. The lowest BCUT2D eigenvalue weighted by molar-refractivity contribution is 0.00192. The van der Waals surface area contributed by atoms with Crippen LogP contribution in [0.15, 0.2) is 30.3 Å². The van der Waals surface area contributed by atoms with Crippen LogP contribution in [0.2, 0.25) is 0 Å². The van der Waals surface area contributed by atoms with Gasteiger partial charge in [-0.15, -0.1) is 0 Å². The van der Waals surface area contributed by atoms with Crippen LogP contribution >= 0.6 is 0 Å². The van der Waals surface area contributed by atoms with Crippen LogP contribution in [-0.4, -0.2) is 11.7 Å². The molecule has 3 heteroatoms. The summed E-state index contributed by atoms with van der Waals surface area (Å²) in [6.45, 7) is 3.27. The van der Waals surface area contributed by atoms with E-state index in [1.54, 1.807) is 38.1 Å². The van der Waals surface area contributed by atoms with Gasteiger partial charge < -0.3 is 4.74 Å². The van der Waals surface area contributed by atoms with Crippen LogP contribution in [0.1, 0.15) is 24.2 Å². The van der Waals surface area contributed by atoms with Gasteiger partial charge in [-0.25, -0.2) is 4.79 Å². The molecule has 0 amide bonds. The van der Waals surface area contributed by atoms with Gasteiger partial charge in [-0.3, -0.25) is 5.73 Å². The molecule has 0 fully saturated rings. The zero-order chi connectivity index (χ0) is 9.90. The van der Waals surface area contributed by atoms with E-state index in [4.69, 9.17) is 10.5 Å². The standard InChI is InChI=1S/C10H13NO2/c1-10(2,11)13-9(12)8-6-4-3-5-7-8/h3-7H,11H2,1-2H3. The predicted molar refractivity (Wildman–Crippen MR) is 50.1 cm³/mol. The molecule has 13 heavy (non-hydrogen) atoms. The van der Waals surface area contributed by atoms with E-state index in [-0.39, 0.29) is 0 Å². The molecule has 70 valence electrons. The molecular weight excluding hydrogens is 166 g/mol. The maximum Gasteiger partial charge on any atom is 0.339 e. The van der Waals surface area contributed by atoms with Gasteiger partial charge in [-0.2, -0.15) is 0 Å². The first kappa shape index (κ1) is 9.74. The van der Waals surface area contributed by atoms with Crippen LogP contribution < -0.4 is 5.73 Å². The summed E-state index contributed by atoms with van der Waals surface area (Å²) < 4.78 is 4.96. The van der Waals surface area contributed by atoms with Gasteiger partial charge in [0.2, 0.25) is 0 Å². The Balaban J connectivity index is 2.71. The number of carbonyl (C=O) groups excluding carboxylic acids is 1. The summed E-state index contributed by atoms with van der Waals surface area (Å²) >= 11 is 0. The number of rotatable bonds is 2. The Hall–Kier alpha value is -1.35. The van der Waals surface area contributed by atoms with Gasteiger partial charge in [0.05, 0.1) is 5.56 Å². The number of carbonyl (C=O) groups is 1. The molecule has 0 spiro atoms. The number of hydrogen-bond donors (Lipinski definition) is 1. The number of hydrogen-bond acceptors (Lipinski definition) is 3. The SMILES string of the molecule is CC(C)(N)OC(=O)c1ccccc1. The van der Waals surface area contributed by atoms with Crippen molar-refractivity contribution in [1.29, 1.82) is 0 Å². The van der Waals surface area contributed by atoms with Crippen molar-refractivity contribution in [3.05, 3.63) is 35.9 Å². The molecule has 1 aromatic carbocycles. The Morgan fingerprint density at radius 1 is 1.31 bits per heavy atom. The highest BCUT2D eigenvalue weighted by molar-refractivity contribution is 5.89. The molecule has 0 radical (unpaired) electrons. The lowest BCUT2D eigenvalue weighted by atomic mass is 10.2. The maximum atomic E-state index is 11.4. The van der Waals surface area contributed by atoms with E-state index in [1.165, 1.54) is 0 Å². The summed E-state index contributed by atoms with van der Waals surface area (Å²) in [4.78, 5) is 11.4. The van der Waals surface area contributed by atoms with E-state index >= 15 is 0 Å². The van der Waals surface area contributed by atoms with Gasteiger partial charge >= 0.3 is 5.97 Å². The second kappa shape index (κ2) is 3.58. The van der Waals surface area contributed by atoms with Crippen LogP contribution in [0.3, 0.4) is 0 Å². The summed E-state index contributed by atoms with van der Waals surface area (Å²) in [5.74, 6) is -0.395. The summed E-state index contributed by atoms with van der Waals surface area (Å²) in [5, 5.41) is 0. The molecule has 0 aliphatic heterocycles. The molecule has 0 saturated carbocycles. The molecule has 0 aliphatic rings. The topological polar surface area (TPSA) is 52.3 Å². The van der Waals surface area contributed by atoms with Gasteiger partial charge in [0.25, 0.3) is 0 Å². The fourth-order valence-corrected chi connectivity index (χ4v) is 0.872. The van der Waals surface area contributed by atoms with Gasteiger partial charge in [0.1, 0.15) is 0 Å². The minimum Gasteiger partial charge on any atom is -0.441 e.